The van der Waals surface area contributed by atoms with Crippen molar-refractivity contribution < 1.29 is 9.90 Å². The molecule has 4 rings (SSSR count). The minimum Gasteiger partial charge on any atom is -0.393 e. The van der Waals surface area contributed by atoms with Crippen LogP contribution < -0.4 is 5.56 Å². The third kappa shape index (κ3) is 2.38. The molecule has 2 aliphatic rings. The zero-order chi connectivity index (χ0) is 17.0. The Morgan fingerprint density at radius 1 is 1.33 bits per heavy atom. The molecule has 2 aromatic heterocycles. The number of carbonyl (C=O) groups excluding carboxylic acids is 1. The molecule has 128 valence electrons. The third-order valence-corrected chi connectivity index (χ3v) is 6.95. The molecule has 0 spiro atoms. The molecule has 2 unspecified atom stereocenters. The van der Waals surface area contributed by atoms with Gasteiger partial charge in [-0.1, -0.05) is 0 Å². The summed E-state index contributed by atoms with van der Waals surface area (Å²) in [5, 5.41) is 10.3. The van der Waals surface area contributed by atoms with Crippen molar-refractivity contribution in [3.63, 3.8) is 0 Å². The molecule has 0 saturated heterocycles. The van der Waals surface area contributed by atoms with Gasteiger partial charge in [-0.15, -0.1) is 11.3 Å². The second kappa shape index (κ2) is 5.67. The quantitative estimate of drug-likeness (QED) is 0.869. The van der Waals surface area contributed by atoms with Crippen molar-refractivity contribution in [3.05, 3.63) is 27.1 Å². The summed E-state index contributed by atoms with van der Waals surface area (Å²) in [6.07, 6.45) is 4.88. The standard InChI is InChI=1S/C17H21N3O3S/c1-8-13-15(22)18-7-19-16(13)24-14(8)17(23)20(2)11-3-9-5-12(21)6-10(9)4-11/h7,9-12,21H,3-6H2,1-2H3,(H,18,19,22)/t9-,10+,11?,12?. The molecule has 0 bridgehead atoms. The van der Waals surface area contributed by atoms with Crippen LogP contribution in [0.2, 0.25) is 0 Å². The van der Waals surface area contributed by atoms with Gasteiger partial charge in [0.2, 0.25) is 0 Å². The summed E-state index contributed by atoms with van der Waals surface area (Å²) < 4.78 is 0. The molecule has 24 heavy (non-hydrogen) atoms. The van der Waals surface area contributed by atoms with E-state index >= 15 is 0 Å². The summed E-state index contributed by atoms with van der Waals surface area (Å²) in [6, 6.07) is 0.218. The SMILES string of the molecule is Cc1c(C(=O)N(C)C2C[C@H]3CC(O)C[C@H]3C2)sc2nc[nH]c(=O)c12. The monoisotopic (exact) mass is 347 g/mol. The van der Waals surface area contributed by atoms with Gasteiger partial charge in [0, 0.05) is 13.1 Å². The van der Waals surface area contributed by atoms with Crippen LogP contribution in [0.3, 0.4) is 0 Å². The highest BCUT2D eigenvalue weighted by Gasteiger charge is 2.43. The van der Waals surface area contributed by atoms with Crippen molar-refractivity contribution in [1.82, 2.24) is 14.9 Å². The predicted octanol–water partition coefficient (Wildman–Crippen LogP) is 1.91. The second-order valence-electron chi connectivity index (χ2n) is 7.15. The van der Waals surface area contributed by atoms with E-state index < -0.39 is 0 Å². The van der Waals surface area contributed by atoms with E-state index in [0.29, 0.717) is 26.9 Å². The number of hydrogen-bond donors (Lipinski definition) is 2. The van der Waals surface area contributed by atoms with Gasteiger partial charge in [-0.05, 0) is 50.0 Å². The molecule has 0 aliphatic heterocycles. The lowest BCUT2D eigenvalue weighted by molar-refractivity contribution is 0.0726. The van der Waals surface area contributed by atoms with Gasteiger partial charge in [0.05, 0.1) is 22.7 Å². The van der Waals surface area contributed by atoms with Crippen molar-refractivity contribution in [1.29, 1.82) is 0 Å². The molecule has 2 aromatic rings. The fraction of sp³-hybridized carbons (Fsp3) is 0.588. The lowest BCUT2D eigenvalue weighted by Gasteiger charge is -2.25. The average Bonchev–Trinajstić information content (AvgIpc) is 3.17. The molecule has 2 fully saturated rings. The Morgan fingerprint density at radius 3 is 2.62 bits per heavy atom. The summed E-state index contributed by atoms with van der Waals surface area (Å²) in [5.74, 6) is 1.04. The Morgan fingerprint density at radius 2 is 2.00 bits per heavy atom. The van der Waals surface area contributed by atoms with Gasteiger partial charge in [0.15, 0.2) is 0 Å². The van der Waals surface area contributed by atoms with Crippen molar-refractivity contribution in [3.8, 4) is 0 Å². The summed E-state index contributed by atoms with van der Waals surface area (Å²) in [7, 11) is 1.85. The van der Waals surface area contributed by atoms with Crippen LogP contribution in [0.1, 0.15) is 40.9 Å². The Hall–Kier alpha value is -1.73. The van der Waals surface area contributed by atoms with Crippen LogP contribution in [0.4, 0.5) is 0 Å². The number of carbonyl (C=O) groups is 1. The highest BCUT2D eigenvalue weighted by atomic mass is 32.1. The first-order valence-corrected chi connectivity index (χ1v) is 9.19. The number of amides is 1. The van der Waals surface area contributed by atoms with Gasteiger partial charge in [0.1, 0.15) is 4.83 Å². The van der Waals surface area contributed by atoms with E-state index in [2.05, 4.69) is 9.97 Å². The minimum atomic E-state index is -0.195. The Balaban J connectivity index is 1.59. The zero-order valence-electron chi connectivity index (χ0n) is 13.8. The van der Waals surface area contributed by atoms with Crippen molar-refractivity contribution in [2.75, 3.05) is 7.05 Å². The van der Waals surface area contributed by atoms with Crippen LogP contribution in [0.25, 0.3) is 10.2 Å². The number of rotatable bonds is 2. The Labute approximate surface area is 143 Å². The second-order valence-corrected chi connectivity index (χ2v) is 8.15. The van der Waals surface area contributed by atoms with Crippen molar-refractivity contribution >= 4 is 27.5 Å². The van der Waals surface area contributed by atoms with Crippen molar-refractivity contribution in [2.24, 2.45) is 11.8 Å². The Kier molecular flexibility index (Phi) is 3.73. The van der Waals surface area contributed by atoms with Gasteiger partial charge in [-0.25, -0.2) is 4.98 Å². The molecule has 0 aromatic carbocycles. The van der Waals surface area contributed by atoms with Crippen LogP contribution >= 0.6 is 11.3 Å². The van der Waals surface area contributed by atoms with Crippen LogP contribution in [-0.2, 0) is 0 Å². The highest BCUT2D eigenvalue weighted by molar-refractivity contribution is 7.20. The van der Waals surface area contributed by atoms with E-state index in [1.54, 1.807) is 0 Å². The lowest BCUT2D eigenvalue weighted by Crippen LogP contribution is -2.36. The first-order valence-electron chi connectivity index (χ1n) is 8.37. The van der Waals surface area contributed by atoms with E-state index in [9.17, 15) is 14.7 Å². The van der Waals surface area contributed by atoms with Crippen LogP contribution in [0, 0.1) is 18.8 Å². The number of H-pyrrole nitrogens is 1. The van der Waals surface area contributed by atoms with E-state index in [4.69, 9.17) is 0 Å². The molecule has 0 radical (unpaired) electrons. The van der Waals surface area contributed by atoms with Gasteiger partial charge in [-0.3, -0.25) is 9.59 Å². The Bertz CT molecular complexity index is 844. The fourth-order valence-electron chi connectivity index (χ4n) is 4.48. The molecule has 2 saturated carbocycles. The number of aliphatic hydroxyl groups is 1. The topological polar surface area (TPSA) is 86.3 Å². The molecule has 2 aliphatic carbocycles. The number of aryl methyl sites for hydroxylation is 1. The molecule has 6 nitrogen and oxygen atoms in total. The summed E-state index contributed by atoms with van der Waals surface area (Å²) in [6.45, 7) is 1.82. The normalized spacial score (nSPS) is 29.1. The van der Waals surface area contributed by atoms with Crippen LogP contribution in [0.5, 0.6) is 0 Å². The predicted molar refractivity (Wildman–Crippen MR) is 92.3 cm³/mol. The number of aromatic nitrogens is 2. The molecular weight excluding hydrogens is 326 g/mol. The zero-order valence-corrected chi connectivity index (χ0v) is 14.6. The highest BCUT2D eigenvalue weighted by Crippen LogP contribution is 2.45. The number of nitrogens with one attached hydrogen (secondary N) is 1. The molecule has 7 heteroatoms. The van der Waals surface area contributed by atoms with E-state index in [1.165, 1.54) is 17.7 Å². The third-order valence-electron chi connectivity index (χ3n) is 5.76. The van der Waals surface area contributed by atoms with Gasteiger partial charge < -0.3 is 15.0 Å². The number of fused-ring (bicyclic) bond motifs is 2. The van der Waals surface area contributed by atoms with Gasteiger partial charge in [-0.2, -0.15) is 0 Å². The number of aromatic amines is 1. The summed E-state index contributed by atoms with van der Waals surface area (Å²) >= 11 is 1.29. The summed E-state index contributed by atoms with van der Waals surface area (Å²) in [5.41, 5.74) is 0.523. The molecule has 4 atom stereocenters. The fourth-order valence-corrected chi connectivity index (χ4v) is 5.61. The average molecular weight is 347 g/mol. The number of thiophene rings is 1. The number of aliphatic hydroxyl groups excluding tert-OH is 1. The van der Waals surface area contributed by atoms with Crippen LogP contribution in [0.15, 0.2) is 11.1 Å². The van der Waals surface area contributed by atoms with Gasteiger partial charge >= 0.3 is 0 Å². The first-order chi connectivity index (χ1) is 11.5. The first kappa shape index (κ1) is 15.8. The maximum absolute atomic E-state index is 13.0. The van der Waals surface area contributed by atoms with Gasteiger partial charge in [0.25, 0.3) is 11.5 Å². The van der Waals surface area contributed by atoms with E-state index in [0.717, 1.165) is 31.2 Å². The maximum Gasteiger partial charge on any atom is 0.264 e. The molecule has 2 N–H and O–H groups in total. The van der Waals surface area contributed by atoms with E-state index in [-0.39, 0.29) is 23.6 Å². The molecular formula is C17H21N3O3S. The van der Waals surface area contributed by atoms with E-state index in [1.807, 2.05) is 18.9 Å². The molecule has 1 amide bonds. The maximum atomic E-state index is 13.0. The minimum absolute atomic E-state index is 0.0274. The van der Waals surface area contributed by atoms with Crippen molar-refractivity contribution in [2.45, 2.75) is 44.8 Å². The summed E-state index contributed by atoms with van der Waals surface area (Å²) in [4.78, 5) is 34.8. The number of nitrogens with zero attached hydrogens (tertiary/aromatic N) is 2. The lowest BCUT2D eigenvalue weighted by atomic mass is 10.0. The largest absolute Gasteiger partial charge is 0.393 e. The smallest absolute Gasteiger partial charge is 0.264 e. The molecule has 2 heterocycles. The van der Waals surface area contributed by atoms with Crippen LogP contribution in [-0.4, -0.2) is 45.1 Å². The number of hydrogen-bond acceptors (Lipinski definition) is 5.